The van der Waals surface area contributed by atoms with Gasteiger partial charge in [-0.05, 0) is 68.1 Å². The summed E-state index contributed by atoms with van der Waals surface area (Å²) in [5.41, 5.74) is 3.01. The minimum Gasteiger partial charge on any atom is -0.322 e. The Kier molecular flexibility index (Phi) is 6.67. The van der Waals surface area contributed by atoms with Gasteiger partial charge in [0, 0.05) is 46.4 Å². The van der Waals surface area contributed by atoms with E-state index in [9.17, 15) is 19.7 Å². The molecule has 1 heterocycles. The molecule has 0 saturated carbocycles. The van der Waals surface area contributed by atoms with Crippen LogP contribution < -0.4 is 10.2 Å². The summed E-state index contributed by atoms with van der Waals surface area (Å²) in [5, 5.41) is 13.8. The molecular formula is C29H31N3O4. The van der Waals surface area contributed by atoms with Crippen LogP contribution in [0.15, 0.2) is 72.8 Å². The largest absolute Gasteiger partial charge is 0.322 e. The van der Waals surface area contributed by atoms with E-state index in [1.807, 2.05) is 42.2 Å². The molecular weight excluding hydrogens is 454 g/mol. The van der Waals surface area contributed by atoms with Gasteiger partial charge in [-0.25, -0.2) is 0 Å². The van der Waals surface area contributed by atoms with Gasteiger partial charge >= 0.3 is 0 Å². The van der Waals surface area contributed by atoms with Gasteiger partial charge in [-0.1, -0.05) is 44.2 Å². The average Bonchev–Trinajstić information content (AvgIpc) is 2.84. The Morgan fingerprint density at radius 3 is 2.28 bits per heavy atom. The van der Waals surface area contributed by atoms with E-state index >= 15 is 0 Å². The Morgan fingerprint density at radius 1 is 1.00 bits per heavy atom. The number of carbonyl (C=O) groups excluding carboxylic acids is 2. The zero-order valence-electron chi connectivity index (χ0n) is 21.1. The van der Waals surface area contributed by atoms with Gasteiger partial charge in [-0.3, -0.25) is 19.7 Å². The third kappa shape index (κ3) is 4.61. The van der Waals surface area contributed by atoms with Crippen molar-refractivity contribution in [2.75, 3.05) is 10.2 Å². The average molecular weight is 486 g/mol. The van der Waals surface area contributed by atoms with Gasteiger partial charge in [0.05, 0.1) is 4.92 Å². The van der Waals surface area contributed by atoms with E-state index in [-0.39, 0.29) is 17.5 Å². The third-order valence-electron chi connectivity index (χ3n) is 6.95. The van der Waals surface area contributed by atoms with Crippen LogP contribution in [0.25, 0.3) is 0 Å². The lowest BCUT2D eigenvalue weighted by molar-refractivity contribution is -0.384. The quantitative estimate of drug-likeness (QED) is 0.320. The molecule has 0 bridgehead atoms. The van der Waals surface area contributed by atoms with Crippen molar-refractivity contribution in [1.82, 2.24) is 0 Å². The van der Waals surface area contributed by atoms with E-state index in [4.69, 9.17) is 0 Å². The number of nitro benzene ring substituents is 1. The molecule has 1 aliphatic rings. The molecule has 36 heavy (non-hydrogen) atoms. The minimum atomic E-state index is -0.497. The molecule has 7 nitrogen and oxygen atoms in total. The lowest BCUT2D eigenvalue weighted by Crippen LogP contribution is -2.55. The zero-order valence-corrected chi connectivity index (χ0v) is 21.1. The fraction of sp³-hybridized carbons (Fsp3) is 0.310. The first-order chi connectivity index (χ1) is 17.1. The number of hydrogen-bond donors (Lipinski definition) is 1. The van der Waals surface area contributed by atoms with Crippen LogP contribution >= 0.6 is 0 Å². The standard InChI is InChI=1S/C29H31N3O4/c1-5-9-26(33)31-25-17-14-22(30-27(34)20-12-15-23(16-13-20)32(35)36)18-24(25)29(4,19-28(31,2)3)21-10-7-6-8-11-21/h6-8,10-18H,5,9,19H2,1-4H3,(H,30,34)/t29-/m1/s1. The summed E-state index contributed by atoms with van der Waals surface area (Å²) in [4.78, 5) is 38.5. The predicted octanol–water partition coefficient (Wildman–Crippen LogP) is 6.47. The van der Waals surface area contributed by atoms with Crippen molar-refractivity contribution in [2.24, 2.45) is 0 Å². The van der Waals surface area contributed by atoms with Crippen molar-refractivity contribution >= 4 is 28.9 Å². The third-order valence-corrected chi connectivity index (χ3v) is 6.95. The molecule has 0 saturated heterocycles. The van der Waals surface area contributed by atoms with Gasteiger partial charge in [0.2, 0.25) is 5.91 Å². The summed E-state index contributed by atoms with van der Waals surface area (Å²) in [6, 6.07) is 21.4. The highest BCUT2D eigenvalue weighted by Gasteiger charge is 2.47. The Morgan fingerprint density at radius 2 is 1.67 bits per heavy atom. The Labute approximate surface area is 211 Å². The number of anilines is 2. The van der Waals surface area contributed by atoms with Crippen LogP contribution in [0.2, 0.25) is 0 Å². The molecule has 186 valence electrons. The van der Waals surface area contributed by atoms with Crippen LogP contribution in [-0.2, 0) is 10.2 Å². The molecule has 2 amide bonds. The van der Waals surface area contributed by atoms with Gasteiger partial charge in [-0.2, -0.15) is 0 Å². The number of amides is 2. The monoisotopic (exact) mass is 485 g/mol. The zero-order chi connectivity index (χ0) is 26.1. The predicted molar refractivity (Wildman–Crippen MR) is 141 cm³/mol. The van der Waals surface area contributed by atoms with E-state index in [1.54, 1.807) is 6.07 Å². The van der Waals surface area contributed by atoms with Crippen LogP contribution in [0, 0.1) is 10.1 Å². The molecule has 7 heteroatoms. The molecule has 1 atom stereocenters. The molecule has 3 aromatic carbocycles. The lowest BCUT2D eigenvalue weighted by Gasteiger charge is -2.51. The number of hydrogen-bond acceptors (Lipinski definition) is 4. The van der Waals surface area contributed by atoms with Crippen molar-refractivity contribution in [1.29, 1.82) is 0 Å². The van der Waals surface area contributed by atoms with E-state index < -0.39 is 15.9 Å². The second-order valence-electron chi connectivity index (χ2n) is 10.2. The summed E-state index contributed by atoms with van der Waals surface area (Å²) < 4.78 is 0. The molecule has 0 fully saturated rings. The number of carbonyl (C=O) groups is 2. The number of nitro groups is 1. The second kappa shape index (κ2) is 9.57. The maximum Gasteiger partial charge on any atom is 0.269 e. The van der Waals surface area contributed by atoms with Gasteiger partial charge in [0.1, 0.15) is 0 Å². The van der Waals surface area contributed by atoms with Crippen molar-refractivity contribution in [2.45, 2.75) is 57.9 Å². The highest BCUT2D eigenvalue weighted by Crippen LogP contribution is 2.51. The SMILES string of the molecule is CCCC(=O)N1c2ccc(NC(=O)c3ccc([N+](=O)[O-])cc3)cc2[C@@](C)(c2ccccc2)CC1(C)C. The Hall–Kier alpha value is -4.00. The topological polar surface area (TPSA) is 92.6 Å². The smallest absolute Gasteiger partial charge is 0.269 e. The van der Waals surface area contributed by atoms with Gasteiger partial charge in [0.25, 0.3) is 11.6 Å². The number of nitrogens with zero attached hydrogens (tertiary/aromatic N) is 2. The molecule has 0 aromatic heterocycles. The fourth-order valence-corrected chi connectivity index (χ4v) is 5.42. The van der Waals surface area contributed by atoms with Crippen molar-refractivity contribution in [3.63, 3.8) is 0 Å². The summed E-state index contributed by atoms with van der Waals surface area (Å²) in [5.74, 6) is -0.275. The van der Waals surface area contributed by atoms with Crippen LogP contribution in [0.4, 0.5) is 17.1 Å². The minimum absolute atomic E-state index is 0.0709. The number of nitrogens with one attached hydrogen (secondary N) is 1. The molecule has 4 rings (SSSR count). The first-order valence-corrected chi connectivity index (χ1v) is 12.2. The summed E-state index contributed by atoms with van der Waals surface area (Å²) >= 11 is 0. The second-order valence-corrected chi connectivity index (χ2v) is 10.2. The molecule has 1 N–H and O–H groups in total. The van der Waals surface area contributed by atoms with E-state index in [0.29, 0.717) is 24.1 Å². The van der Waals surface area contributed by atoms with Crippen LogP contribution in [0.5, 0.6) is 0 Å². The number of fused-ring (bicyclic) bond motifs is 1. The van der Waals surface area contributed by atoms with Crippen LogP contribution in [0.3, 0.4) is 0 Å². The Bertz CT molecular complexity index is 1300. The van der Waals surface area contributed by atoms with Gasteiger partial charge < -0.3 is 10.2 Å². The highest BCUT2D eigenvalue weighted by atomic mass is 16.6. The van der Waals surface area contributed by atoms with E-state index in [0.717, 1.165) is 23.2 Å². The number of benzene rings is 3. The van der Waals surface area contributed by atoms with Crippen LogP contribution in [0.1, 0.15) is 68.4 Å². The first kappa shape index (κ1) is 25.1. The lowest BCUT2D eigenvalue weighted by atomic mass is 9.65. The van der Waals surface area contributed by atoms with E-state index in [2.05, 4.69) is 38.2 Å². The first-order valence-electron chi connectivity index (χ1n) is 12.2. The number of non-ortho nitro benzene ring substituents is 1. The highest BCUT2D eigenvalue weighted by molar-refractivity contribution is 6.05. The van der Waals surface area contributed by atoms with Gasteiger partial charge in [-0.15, -0.1) is 0 Å². The number of rotatable bonds is 6. The summed E-state index contributed by atoms with van der Waals surface area (Å²) in [6.07, 6.45) is 1.94. The maximum absolute atomic E-state index is 13.3. The molecule has 0 spiro atoms. The maximum atomic E-state index is 13.3. The van der Waals surface area contributed by atoms with Crippen molar-refractivity contribution < 1.29 is 14.5 Å². The Balaban J connectivity index is 1.77. The summed E-state index contributed by atoms with van der Waals surface area (Å²) in [7, 11) is 0. The van der Waals surface area contributed by atoms with Crippen molar-refractivity contribution in [3.05, 3.63) is 99.6 Å². The van der Waals surface area contributed by atoms with Crippen LogP contribution in [-0.4, -0.2) is 22.3 Å². The van der Waals surface area contributed by atoms with Gasteiger partial charge in [0.15, 0.2) is 0 Å². The molecule has 3 aromatic rings. The molecule has 0 aliphatic carbocycles. The normalized spacial score (nSPS) is 18.3. The summed E-state index contributed by atoms with van der Waals surface area (Å²) in [6.45, 7) is 8.40. The molecule has 0 radical (unpaired) electrons. The van der Waals surface area contributed by atoms with E-state index in [1.165, 1.54) is 24.3 Å². The molecule has 1 aliphatic heterocycles. The molecule has 0 unspecified atom stereocenters. The van der Waals surface area contributed by atoms with Crippen molar-refractivity contribution in [3.8, 4) is 0 Å². The fourth-order valence-electron chi connectivity index (χ4n) is 5.42.